The van der Waals surface area contributed by atoms with Gasteiger partial charge in [-0.05, 0) is 25.7 Å². The van der Waals surface area contributed by atoms with Crippen molar-refractivity contribution in [3.05, 3.63) is 18.2 Å². The molecule has 1 saturated heterocycles. The fourth-order valence-corrected chi connectivity index (χ4v) is 3.18. The Bertz CT molecular complexity index is 410. The van der Waals surface area contributed by atoms with Crippen molar-refractivity contribution in [3.63, 3.8) is 0 Å². The highest BCUT2D eigenvalue weighted by molar-refractivity contribution is 5.02. The van der Waals surface area contributed by atoms with Gasteiger partial charge in [-0.2, -0.15) is 0 Å². The lowest BCUT2D eigenvalue weighted by Gasteiger charge is -2.42. The summed E-state index contributed by atoms with van der Waals surface area (Å²) >= 11 is 0. The molecule has 100 valence electrons. The largest absolute Gasteiger partial charge is 0.338 e. The van der Waals surface area contributed by atoms with Crippen LogP contribution in [0.15, 0.2) is 12.4 Å². The molecule has 2 heterocycles. The molecule has 0 amide bonds. The Morgan fingerprint density at radius 3 is 3.00 bits per heavy atom. The first-order valence-corrected chi connectivity index (χ1v) is 7.11. The van der Waals surface area contributed by atoms with Gasteiger partial charge in [0.2, 0.25) is 0 Å². The van der Waals surface area contributed by atoms with Crippen LogP contribution in [0.25, 0.3) is 0 Å². The number of hydrogen-bond donors (Lipinski definition) is 1. The van der Waals surface area contributed by atoms with E-state index in [0.29, 0.717) is 5.54 Å². The van der Waals surface area contributed by atoms with Gasteiger partial charge in [-0.1, -0.05) is 0 Å². The standard InChI is InChI=1S/C14H24N4/c1-14(12-3-4-12)11-18(10-7-16-14)8-5-13-15-6-9-17(13)2/h6,9,12,16H,3-5,7-8,10-11H2,1-2H3. The van der Waals surface area contributed by atoms with E-state index >= 15 is 0 Å². The van der Waals surface area contributed by atoms with E-state index in [2.05, 4.69) is 33.7 Å². The second kappa shape index (κ2) is 4.67. The van der Waals surface area contributed by atoms with Crippen LogP contribution >= 0.6 is 0 Å². The molecule has 1 aromatic heterocycles. The molecule has 1 saturated carbocycles. The zero-order valence-corrected chi connectivity index (χ0v) is 11.5. The molecule has 0 bridgehead atoms. The van der Waals surface area contributed by atoms with Crippen molar-refractivity contribution >= 4 is 0 Å². The Morgan fingerprint density at radius 1 is 1.50 bits per heavy atom. The summed E-state index contributed by atoms with van der Waals surface area (Å²) in [4.78, 5) is 7.01. The minimum atomic E-state index is 0.361. The zero-order chi connectivity index (χ0) is 12.6. The molecule has 1 aromatic rings. The SMILES string of the molecule is Cn1ccnc1CCN1CCNC(C)(C2CC2)C1. The van der Waals surface area contributed by atoms with E-state index in [-0.39, 0.29) is 0 Å². The Hall–Kier alpha value is -0.870. The van der Waals surface area contributed by atoms with Crippen molar-refractivity contribution in [2.45, 2.75) is 31.7 Å². The van der Waals surface area contributed by atoms with Crippen molar-refractivity contribution in [3.8, 4) is 0 Å². The molecule has 2 aliphatic rings. The van der Waals surface area contributed by atoms with E-state index in [9.17, 15) is 0 Å². The monoisotopic (exact) mass is 248 g/mol. The predicted octanol–water partition coefficient (Wildman–Crippen LogP) is 1.04. The van der Waals surface area contributed by atoms with Crippen LogP contribution in [0.1, 0.15) is 25.6 Å². The normalized spacial score (nSPS) is 29.7. The smallest absolute Gasteiger partial charge is 0.109 e. The number of imidazole rings is 1. The summed E-state index contributed by atoms with van der Waals surface area (Å²) in [7, 11) is 2.08. The minimum Gasteiger partial charge on any atom is -0.338 e. The highest BCUT2D eigenvalue weighted by atomic mass is 15.2. The second-order valence-electron chi connectivity index (χ2n) is 6.10. The van der Waals surface area contributed by atoms with Crippen LogP contribution in [0.5, 0.6) is 0 Å². The average molecular weight is 248 g/mol. The first kappa shape index (κ1) is 12.2. The van der Waals surface area contributed by atoms with E-state index in [1.54, 1.807) is 0 Å². The second-order valence-corrected chi connectivity index (χ2v) is 6.10. The molecular formula is C14H24N4. The van der Waals surface area contributed by atoms with Crippen molar-refractivity contribution in [2.75, 3.05) is 26.2 Å². The quantitative estimate of drug-likeness (QED) is 0.864. The number of nitrogens with one attached hydrogen (secondary N) is 1. The average Bonchev–Trinajstić information content (AvgIpc) is 3.12. The van der Waals surface area contributed by atoms with Gasteiger partial charge < -0.3 is 9.88 Å². The maximum Gasteiger partial charge on any atom is 0.109 e. The Balaban J connectivity index is 1.55. The predicted molar refractivity (Wildman–Crippen MR) is 72.5 cm³/mol. The molecule has 4 nitrogen and oxygen atoms in total. The van der Waals surface area contributed by atoms with Gasteiger partial charge in [-0.15, -0.1) is 0 Å². The minimum absolute atomic E-state index is 0.361. The molecule has 1 unspecified atom stereocenters. The van der Waals surface area contributed by atoms with E-state index in [0.717, 1.165) is 25.4 Å². The molecule has 4 heteroatoms. The number of nitrogens with zero attached hydrogens (tertiary/aromatic N) is 3. The Labute approximate surface area is 109 Å². The van der Waals surface area contributed by atoms with Gasteiger partial charge in [0, 0.05) is 57.6 Å². The van der Waals surface area contributed by atoms with Gasteiger partial charge in [0.05, 0.1) is 0 Å². The molecular weight excluding hydrogens is 224 g/mol. The molecule has 0 radical (unpaired) electrons. The van der Waals surface area contributed by atoms with E-state index < -0.39 is 0 Å². The molecule has 1 N–H and O–H groups in total. The number of rotatable bonds is 4. The highest BCUT2D eigenvalue weighted by Gasteiger charge is 2.43. The topological polar surface area (TPSA) is 33.1 Å². The lowest BCUT2D eigenvalue weighted by Crippen LogP contribution is -2.60. The van der Waals surface area contributed by atoms with Crippen LogP contribution < -0.4 is 5.32 Å². The number of aromatic nitrogens is 2. The fourth-order valence-electron chi connectivity index (χ4n) is 3.18. The maximum absolute atomic E-state index is 4.40. The lowest BCUT2D eigenvalue weighted by molar-refractivity contribution is 0.128. The van der Waals surface area contributed by atoms with Crippen LogP contribution in [0.2, 0.25) is 0 Å². The maximum atomic E-state index is 4.40. The van der Waals surface area contributed by atoms with Gasteiger partial charge in [-0.25, -0.2) is 4.98 Å². The number of aryl methyl sites for hydroxylation is 1. The molecule has 0 aromatic carbocycles. The van der Waals surface area contributed by atoms with Gasteiger partial charge in [0.15, 0.2) is 0 Å². The summed E-state index contributed by atoms with van der Waals surface area (Å²) in [5.74, 6) is 2.11. The third-order valence-electron chi connectivity index (χ3n) is 4.56. The van der Waals surface area contributed by atoms with E-state index in [1.165, 1.54) is 31.8 Å². The summed E-state index contributed by atoms with van der Waals surface area (Å²) in [6, 6.07) is 0. The zero-order valence-electron chi connectivity index (χ0n) is 11.5. The third-order valence-corrected chi connectivity index (χ3v) is 4.56. The molecule has 1 aliphatic heterocycles. The first-order valence-electron chi connectivity index (χ1n) is 7.11. The van der Waals surface area contributed by atoms with Crippen LogP contribution in [0.4, 0.5) is 0 Å². The summed E-state index contributed by atoms with van der Waals surface area (Å²) in [6.45, 7) is 7.04. The number of hydrogen-bond acceptors (Lipinski definition) is 3. The summed E-state index contributed by atoms with van der Waals surface area (Å²) in [5, 5.41) is 3.73. The van der Waals surface area contributed by atoms with Crippen molar-refractivity contribution in [1.82, 2.24) is 19.8 Å². The molecule has 3 rings (SSSR count). The van der Waals surface area contributed by atoms with Gasteiger partial charge >= 0.3 is 0 Å². The van der Waals surface area contributed by atoms with Crippen LogP contribution in [-0.2, 0) is 13.5 Å². The lowest BCUT2D eigenvalue weighted by atomic mass is 9.93. The molecule has 0 spiro atoms. The van der Waals surface area contributed by atoms with E-state index in [4.69, 9.17) is 0 Å². The van der Waals surface area contributed by atoms with Gasteiger partial charge in [0.25, 0.3) is 0 Å². The van der Waals surface area contributed by atoms with Crippen LogP contribution in [-0.4, -0.2) is 46.2 Å². The van der Waals surface area contributed by atoms with Crippen molar-refractivity contribution in [1.29, 1.82) is 0 Å². The highest BCUT2D eigenvalue weighted by Crippen LogP contribution is 2.40. The van der Waals surface area contributed by atoms with Crippen molar-refractivity contribution < 1.29 is 0 Å². The molecule has 18 heavy (non-hydrogen) atoms. The van der Waals surface area contributed by atoms with Gasteiger partial charge in [0.1, 0.15) is 5.82 Å². The van der Waals surface area contributed by atoms with E-state index in [1.807, 2.05) is 12.4 Å². The molecule has 1 aliphatic carbocycles. The first-order chi connectivity index (χ1) is 8.67. The number of piperazine rings is 1. The van der Waals surface area contributed by atoms with Crippen LogP contribution in [0, 0.1) is 5.92 Å². The summed E-state index contributed by atoms with van der Waals surface area (Å²) in [6.07, 6.45) is 7.81. The third kappa shape index (κ3) is 2.45. The fraction of sp³-hybridized carbons (Fsp3) is 0.786. The summed E-state index contributed by atoms with van der Waals surface area (Å²) in [5.41, 5.74) is 0.361. The summed E-state index contributed by atoms with van der Waals surface area (Å²) < 4.78 is 2.13. The molecule has 2 fully saturated rings. The Kier molecular flexibility index (Phi) is 3.16. The van der Waals surface area contributed by atoms with Gasteiger partial charge in [-0.3, -0.25) is 4.90 Å². The van der Waals surface area contributed by atoms with Crippen molar-refractivity contribution in [2.24, 2.45) is 13.0 Å². The Morgan fingerprint density at radius 2 is 2.33 bits per heavy atom. The van der Waals surface area contributed by atoms with Crippen LogP contribution in [0.3, 0.4) is 0 Å². The molecule has 1 atom stereocenters.